The lowest BCUT2D eigenvalue weighted by Gasteiger charge is -2.35. The Labute approximate surface area is 203 Å². The fourth-order valence-electron chi connectivity index (χ4n) is 4.78. The van der Waals surface area contributed by atoms with Crippen LogP contribution in [0.25, 0.3) is 27.2 Å². The highest BCUT2D eigenvalue weighted by Crippen LogP contribution is 2.46. The van der Waals surface area contributed by atoms with Gasteiger partial charge in [-0.1, -0.05) is 18.2 Å². The Kier molecular flexibility index (Phi) is 6.07. The lowest BCUT2D eigenvalue weighted by Crippen LogP contribution is -2.34. The third kappa shape index (κ3) is 4.29. The lowest BCUT2D eigenvalue weighted by molar-refractivity contribution is 0.425. The minimum absolute atomic E-state index is 0.298. The monoisotopic (exact) mass is 468 g/mol. The Balaban J connectivity index is 1.60. The number of aryl methyl sites for hydroxylation is 2. The maximum atomic E-state index is 9.68. The van der Waals surface area contributed by atoms with Crippen LogP contribution >= 0.6 is 0 Å². The zero-order valence-corrected chi connectivity index (χ0v) is 19.6. The van der Waals surface area contributed by atoms with Crippen molar-refractivity contribution in [2.45, 2.75) is 18.8 Å². The smallest absolute Gasteiger partial charge is 0.423 e. The van der Waals surface area contributed by atoms with E-state index in [1.807, 2.05) is 43.1 Å². The maximum Gasteiger partial charge on any atom is 0.490 e. The molecule has 176 valence electrons. The van der Waals surface area contributed by atoms with Crippen molar-refractivity contribution in [3.63, 3.8) is 0 Å². The number of hydrogen-bond donors (Lipinski definition) is 2. The average Bonchev–Trinajstić information content (AvgIpc) is 3.51. The highest BCUT2D eigenvalue weighted by atomic mass is 16.4. The van der Waals surface area contributed by atoms with Crippen LogP contribution < -0.4 is 10.4 Å². The molecule has 35 heavy (non-hydrogen) atoms. The van der Waals surface area contributed by atoms with Crippen molar-refractivity contribution in [2.75, 3.05) is 18.0 Å². The standard InChI is InChI=1S/C24H25BN8O2/c1-26-22-20(21-8-9-32(3)30-21)5-4-19(17-12-18(25(34)35)14-27-13-17)23(22)33-10-6-16(7-11-33)24-29-28-15-31(24)2/h4-5,8-9,12-16,34-35H,6-7,10-11H2,2-3H3. The number of piperidine rings is 1. The Hall–Kier alpha value is -4.01. The van der Waals surface area contributed by atoms with Gasteiger partial charge in [-0.2, -0.15) is 5.10 Å². The third-order valence-corrected chi connectivity index (χ3v) is 6.54. The molecule has 0 saturated carbocycles. The number of anilines is 1. The van der Waals surface area contributed by atoms with Gasteiger partial charge in [0.2, 0.25) is 5.69 Å². The number of rotatable bonds is 5. The lowest BCUT2D eigenvalue weighted by atomic mass is 9.80. The molecule has 11 heteroatoms. The van der Waals surface area contributed by atoms with Crippen LogP contribution in [-0.4, -0.2) is 59.8 Å². The summed E-state index contributed by atoms with van der Waals surface area (Å²) in [5.41, 5.74) is 4.67. The molecule has 0 radical (unpaired) electrons. The van der Waals surface area contributed by atoms with Gasteiger partial charge >= 0.3 is 7.12 Å². The molecule has 0 amide bonds. The predicted molar refractivity (Wildman–Crippen MR) is 133 cm³/mol. The number of aromatic nitrogens is 6. The zero-order chi connectivity index (χ0) is 24.5. The number of hydrogen-bond acceptors (Lipinski definition) is 7. The minimum Gasteiger partial charge on any atom is -0.423 e. The minimum atomic E-state index is -1.62. The molecule has 4 heterocycles. The van der Waals surface area contributed by atoms with Gasteiger partial charge in [0, 0.05) is 68.3 Å². The van der Waals surface area contributed by atoms with E-state index in [9.17, 15) is 10.0 Å². The van der Waals surface area contributed by atoms with Crippen molar-refractivity contribution >= 4 is 24.0 Å². The normalized spacial score (nSPS) is 14.2. The van der Waals surface area contributed by atoms with Crippen molar-refractivity contribution in [1.82, 2.24) is 29.5 Å². The molecule has 0 atom stereocenters. The molecule has 1 fully saturated rings. The van der Waals surface area contributed by atoms with E-state index >= 15 is 0 Å². The zero-order valence-electron chi connectivity index (χ0n) is 19.6. The summed E-state index contributed by atoms with van der Waals surface area (Å²) in [5.74, 6) is 1.28. The molecule has 1 aliphatic heterocycles. The summed E-state index contributed by atoms with van der Waals surface area (Å²) in [6, 6.07) is 7.48. The van der Waals surface area contributed by atoms with Gasteiger partial charge in [0.25, 0.3) is 0 Å². The van der Waals surface area contributed by atoms with Gasteiger partial charge in [0.1, 0.15) is 12.2 Å². The first kappa shape index (κ1) is 22.8. The van der Waals surface area contributed by atoms with Crippen LogP contribution in [0.15, 0.2) is 49.2 Å². The molecular formula is C24H25BN8O2. The van der Waals surface area contributed by atoms with Crippen molar-refractivity contribution in [2.24, 2.45) is 14.1 Å². The van der Waals surface area contributed by atoms with E-state index in [4.69, 9.17) is 6.57 Å². The van der Waals surface area contributed by atoms with Gasteiger partial charge in [0.15, 0.2) is 0 Å². The van der Waals surface area contributed by atoms with Gasteiger partial charge < -0.3 is 19.5 Å². The van der Waals surface area contributed by atoms with Crippen LogP contribution in [0.5, 0.6) is 0 Å². The Morgan fingerprint density at radius 1 is 1.09 bits per heavy atom. The molecule has 0 unspecified atom stereocenters. The molecule has 3 aromatic heterocycles. The number of nitrogens with zero attached hydrogens (tertiary/aromatic N) is 8. The topological polar surface area (TPSA) is 109 Å². The van der Waals surface area contributed by atoms with Gasteiger partial charge in [-0.05, 0) is 24.5 Å². The molecule has 0 aliphatic carbocycles. The summed E-state index contributed by atoms with van der Waals surface area (Å²) >= 11 is 0. The molecule has 1 aromatic carbocycles. The second kappa shape index (κ2) is 9.33. The summed E-state index contributed by atoms with van der Waals surface area (Å²) in [4.78, 5) is 10.4. The van der Waals surface area contributed by atoms with Crippen LogP contribution in [-0.2, 0) is 14.1 Å². The number of benzene rings is 1. The highest BCUT2D eigenvalue weighted by molar-refractivity contribution is 6.58. The maximum absolute atomic E-state index is 9.68. The van der Waals surface area contributed by atoms with E-state index in [1.165, 1.54) is 6.20 Å². The molecular weight excluding hydrogens is 443 g/mol. The first-order chi connectivity index (χ1) is 17.0. The van der Waals surface area contributed by atoms with Crippen molar-refractivity contribution in [3.8, 4) is 22.4 Å². The average molecular weight is 468 g/mol. The predicted octanol–water partition coefficient (Wildman–Crippen LogP) is 1.89. The van der Waals surface area contributed by atoms with Crippen LogP contribution in [0, 0.1) is 6.57 Å². The first-order valence-electron chi connectivity index (χ1n) is 11.4. The van der Waals surface area contributed by atoms with Crippen molar-refractivity contribution in [1.29, 1.82) is 0 Å². The summed E-state index contributed by atoms with van der Waals surface area (Å²) < 4.78 is 3.69. The summed E-state index contributed by atoms with van der Waals surface area (Å²) in [6.45, 7) is 9.59. The van der Waals surface area contributed by atoms with Crippen LogP contribution in [0.2, 0.25) is 0 Å². The molecule has 2 N–H and O–H groups in total. The van der Waals surface area contributed by atoms with Crippen molar-refractivity contribution in [3.05, 3.63) is 66.4 Å². The number of pyridine rings is 1. The van der Waals surface area contributed by atoms with Crippen molar-refractivity contribution < 1.29 is 10.0 Å². The Morgan fingerprint density at radius 2 is 1.86 bits per heavy atom. The quantitative estimate of drug-likeness (QED) is 0.340. The van der Waals surface area contributed by atoms with E-state index < -0.39 is 7.12 Å². The van der Waals surface area contributed by atoms with E-state index in [1.54, 1.807) is 23.3 Å². The third-order valence-electron chi connectivity index (χ3n) is 6.54. The highest BCUT2D eigenvalue weighted by Gasteiger charge is 2.28. The first-order valence-corrected chi connectivity index (χ1v) is 11.4. The molecule has 4 aromatic rings. The molecule has 0 bridgehead atoms. The van der Waals surface area contributed by atoms with E-state index in [0.29, 0.717) is 17.1 Å². The molecule has 0 spiro atoms. The Bertz CT molecular complexity index is 1400. The fraction of sp³-hybridized carbons (Fsp3) is 0.292. The molecule has 1 aliphatic rings. The van der Waals surface area contributed by atoms with E-state index in [2.05, 4.69) is 30.0 Å². The van der Waals surface area contributed by atoms with E-state index in [-0.39, 0.29) is 0 Å². The van der Waals surface area contributed by atoms with Gasteiger partial charge in [-0.15, -0.1) is 10.2 Å². The molecule has 1 saturated heterocycles. The van der Waals surface area contributed by atoms with Gasteiger partial charge in [-0.25, -0.2) is 4.85 Å². The van der Waals surface area contributed by atoms with Gasteiger partial charge in [0.05, 0.1) is 18.0 Å². The summed E-state index contributed by atoms with van der Waals surface area (Å²) in [5, 5.41) is 32.2. The fourth-order valence-corrected chi connectivity index (χ4v) is 4.78. The van der Waals surface area contributed by atoms with E-state index in [0.717, 1.165) is 59.8 Å². The molecule has 10 nitrogen and oxygen atoms in total. The molecule has 5 rings (SSSR count). The second-order valence-electron chi connectivity index (χ2n) is 8.79. The summed E-state index contributed by atoms with van der Waals surface area (Å²) in [6.07, 6.45) is 8.46. The second-order valence-corrected chi connectivity index (χ2v) is 8.79. The largest absolute Gasteiger partial charge is 0.490 e. The van der Waals surface area contributed by atoms with Crippen LogP contribution in [0.4, 0.5) is 11.4 Å². The Morgan fingerprint density at radius 3 is 2.49 bits per heavy atom. The van der Waals surface area contributed by atoms with Crippen LogP contribution in [0.3, 0.4) is 0 Å². The van der Waals surface area contributed by atoms with Gasteiger partial charge in [-0.3, -0.25) is 9.67 Å². The van der Waals surface area contributed by atoms with Crippen LogP contribution in [0.1, 0.15) is 24.6 Å². The summed E-state index contributed by atoms with van der Waals surface area (Å²) in [7, 11) is 2.19. The SMILES string of the molecule is [C-]#[N+]c1c(-c2ccn(C)n2)ccc(-c2cncc(B(O)O)c2)c1N1CCC(c2nncn2C)CC1.